The van der Waals surface area contributed by atoms with Gasteiger partial charge in [-0.15, -0.1) is 0 Å². The summed E-state index contributed by atoms with van der Waals surface area (Å²) in [6.07, 6.45) is 0.607. The van der Waals surface area contributed by atoms with Crippen molar-refractivity contribution in [3.05, 3.63) is 29.8 Å². The molecule has 1 aromatic rings. The lowest BCUT2D eigenvalue weighted by molar-refractivity contribution is -0.147. The molecule has 8 nitrogen and oxygen atoms in total. The third-order valence-corrected chi connectivity index (χ3v) is 4.90. The number of carbonyl (C=O) groups is 3. The fourth-order valence-corrected chi connectivity index (χ4v) is 3.27. The maximum Gasteiger partial charge on any atom is 0.308 e. The summed E-state index contributed by atoms with van der Waals surface area (Å²) in [5.74, 6) is -0.378. The molecule has 1 unspecified atom stereocenters. The number of rotatable bonds is 8. The molecule has 1 fully saturated rings. The van der Waals surface area contributed by atoms with Gasteiger partial charge >= 0.3 is 5.97 Å². The van der Waals surface area contributed by atoms with E-state index in [-0.39, 0.29) is 17.4 Å². The Morgan fingerprint density at radius 1 is 1.33 bits per heavy atom. The minimum Gasteiger partial charge on any atom is -0.493 e. The number of piperazine rings is 1. The van der Waals surface area contributed by atoms with Crippen LogP contribution in [-0.2, 0) is 14.3 Å². The maximum absolute atomic E-state index is 12.7. The van der Waals surface area contributed by atoms with E-state index in [0.717, 1.165) is 6.42 Å². The number of thiocarbonyl (C=S) groups is 1. The molecule has 0 radical (unpaired) electrons. The molecule has 164 valence electrons. The Morgan fingerprint density at radius 2 is 2.07 bits per heavy atom. The van der Waals surface area contributed by atoms with Crippen LogP contribution in [-0.4, -0.2) is 60.1 Å². The molecule has 0 spiro atoms. The first-order valence-corrected chi connectivity index (χ1v) is 10.5. The van der Waals surface area contributed by atoms with Crippen LogP contribution in [0.1, 0.15) is 44.0 Å². The van der Waals surface area contributed by atoms with Crippen molar-refractivity contribution >= 4 is 35.1 Å². The number of para-hydroxylation sites is 1. The van der Waals surface area contributed by atoms with Crippen LogP contribution >= 0.6 is 12.2 Å². The lowest BCUT2D eigenvalue weighted by atomic mass is 10.1. The summed E-state index contributed by atoms with van der Waals surface area (Å²) in [5.41, 5.74) is 0.341. The molecule has 9 heteroatoms. The van der Waals surface area contributed by atoms with Gasteiger partial charge in [-0.2, -0.15) is 0 Å². The second-order valence-corrected chi connectivity index (χ2v) is 7.68. The van der Waals surface area contributed by atoms with Crippen molar-refractivity contribution in [2.75, 3.05) is 26.3 Å². The standard InChI is InChI=1S/C21H29N3O5S/c1-4-28-17-8-6-5-7-15(17)19(26)23-21(30)24-11-10-22-20(27)16(24)13-18(25)29-12-9-14(2)3/h5-8,14,16H,4,9-13H2,1-3H3,(H,22,27)(H,23,26,30). The van der Waals surface area contributed by atoms with Crippen molar-refractivity contribution in [3.63, 3.8) is 0 Å². The zero-order valence-electron chi connectivity index (χ0n) is 17.6. The molecule has 0 aromatic heterocycles. The van der Waals surface area contributed by atoms with E-state index < -0.39 is 17.9 Å². The van der Waals surface area contributed by atoms with Gasteiger partial charge in [-0.1, -0.05) is 26.0 Å². The van der Waals surface area contributed by atoms with Crippen molar-refractivity contribution in [2.24, 2.45) is 5.92 Å². The summed E-state index contributed by atoms with van der Waals surface area (Å²) in [6.45, 7) is 7.37. The minimum atomic E-state index is -0.833. The van der Waals surface area contributed by atoms with Gasteiger partial charge in [-0.25, -0.2) is 0 Å². The number of amides is 2. The van der Waals surface area contributed by atoms with Crippen molar-refractivity contribution < 1.29 is 23.9 Å². The Labute approximate surface area is 182 Å². The molecule has 0 bridgehead atoms. The van der Waals surface area contributed by atoms with Crippen LogP contribution in [0.5, 0.6) is 5.75 Å². The van der Waals surface area contributed by atoms with Gasteiger partial charge in [-0.3, -0.25) is 19.7 Å². The molecule has 2 N–H and O–H groups in total. The van der Waals surface area contributed by atoms with Gasteiger partial charge in [0.05, 0.1) is 25.2 Å². The molecule has 30 heavy (non-hydrogen) atoms. The Bertz CT molecular complexity index is 784. The first-order chi connectivity index (χ1) is 14.3. The molecular formula is C21H29N3O5S. The van der Waals surface area contributed by atoms with Crippen LogP contribution in [0.4, 0.5) is 0 Å². The van der Waals surface area contributed by atoms with Crippen molar-refractivity contribution in [1.82, 2.24) is 15.5 Å². The van der Waals surface area contributed by atoms with Crippen LogP contribution in [0.2, 0.25) is 0 Å². The molecule has 1 aliphatic heterocycles. The number of carbonyl (C=O) groups excluding carboxylic acids is 3. The quantitative estimate of drug-likeness (QED) is 0.475. The number of ether oxygens (including phenoxy) is 2. The smallest absolute Gasteiger partial charge is 0.308 e. The second kappa shape index (κ2) is 11.5. The average Bonchev–Trinajstić information content (AvgIpc) is 2.69. The Hall–Kier alpha value is -2.68. The van der Waals surface area contributed by atoms with E-state index in [1.807, 2.05) is 20.8 Å². The van der Waals surface area contributed by atoms with Crippen LogP contribution in [0.15, 0.2) is 24.3 Å². The fourth-order valence-electron chi connectivity index (χ4n) is 2.96. The Morgan fingerprint density at radius 3 is 2.77 bits per heavy atom. The summed E-state index contributed by atoms with van der Waals surface area (Å²) in [7, 11) is 0. The largest absolute Gasteiger partial charge is 0.493 e. The van der Waals surface area contributed by atoms with Crippen molar-refractivity contribution in [3.8, 4) is 5.75 Å². The predicted octanol–water partition coefficient (Wildman–Crippen LogP) is 1.88. The number of nitrogens with one attached hydrogen (secondary N) is 2. The summed E-state index contributed by atoms with van der Waals surface area (Å²) in [5, 5.41) is 5.46. The molecular weight excluding hydrogens is 406 g/mol. The lowest BCUT2D eigenvalue weighted by Crippen LogP contribution is -2.60. The summed E-state index contributed by atoms with van der Waals surface area (Å²) < 4.78 is 10.7. The SMILES string of the molecule is CCOc1ccccc1C(=O)NC(=S)N1CCNC(=O)C1CC(=O)OCCC(C)C. The van der Waals surface area contributed by atoms with Crippen molar-refractivity contribution in [1.29, 1.82) is 0 Å². The highest BCUT2D eigenvalue weighted by molar-refractivity contribution is 7.80. The number of hydrogen-bond donors (Lipinski definition) is 2. The molecule has 0 aliphatic carbocycles. The summed E-state index contributed by atoms with van der Waals surface area (Å²) in [6, 6.07) is 6.00. The van der Waals surface area contributed by atoms with E-state index in [2.05, 4.69) is 10.6 Å². The third-order valence-electron chi connectivity index (χ3n) is 4.56. The highest BCUT2D eigenvalue weighted by Gasteiger charge is 2.34. The molecule has 1 heterocycles. The van der Waals surface area contributed by atoms with Crippen LogP contribution in [0, 0.1) is 5.92 Å². The van der Waals surface area contributed by atoms with Gasteiger partial charge in [0.1, 0.15) is 11.8 Å². The molecule has 2 rings (SSSR count). The van der Waals surface area contributed by atoms with E-state index in [1.165, 1.54) is 0 Å². The number of nitrogens with zero attached hydrogens (tertiary/aromatic N) is 1. The Kier molecular flexibility index (Phi) is 9.04. The zero-order valence-corrected chi connectivity index (χ0v) is 18.4. The number of benzene rings is 1. The number of esters is 1. The molecule has 1 aromatic carbocycles. The predicted molar refractivity (Wildman–Crippen MR) is 116 cm³/mol. The van der Waals surface area contributed by atoms with Crippen LogP contribution in [0.25, 0.3) is 0 Å². The van der Waals surface area contributed by atoms with E-state index in [9.17, 15) is 14.4 Å². The van der Waals surface area contributed by atoms with Gasteiger partial charge in [0.15, 0.2) is 5.11 Å². The van der Waals surface area contributed by atoms with E-state index in [4.69, 9.17) is 21.7 Å². The van der Waals surface area contributed by atoms with Crippen molar-refractivity contribution in [2.45, 2.75) is 39.7 Å². The highest BCUT2D eigenvalue weighted by Crippen LogP contribution is 2.18. The van der Waals surface area contributed by atoms with Gasteiger partial charge in [0, 0.05) is 13.1 Å². The fraction of sp³-hybridized carbons (Fsp3) is 0.524. The molecule has 1 saturated heterocycles. The van der Waals surface area contributed by atoms with Gasteiger partial charge in [-0.05, 0) is 43.6 Å². The molecule has 1 atom stereocenters. The summed E-state index contributed by atoms with van der Waals surface area (Å²) >= 11 is 5.38. The van der Waals surface area contributed by atoms with Crippen LogP contribution < -0.4 is 15.4 Å². The zero-order chi connectivity index (χ0) is 22.1. The van der Waals surface area contributed by atoms with E-state index in [1.54, 1.807) is 29.2 Å². The summed E-state index contributed by atoms with van der Waals surface area (Å²) in [4.78, 5) is 38.8. The number of hydrogen-bond acceptors (Lipinski definition) is 6. The van der Waals surface area contributed by atoms with E-state index >= 15 is 0 Å². The maximum atomic E-state index is 12.7. The molecule has 1 aliphatic rings. The topological polar surface area (TPSA) is 97.0 Å². The monoisotopic (exact) mass is 435 g/mol. The average molecular weight is 436 g/mol. The molecule has 2 amide bonds. The Balaban J connectivity index is 2.04. The highest BCUT2D eigenvalue weighted by atomic mass is 32.1. The normalized spacial score (nSPS) is 16.1. The first kappa shape index (κ1) is 23.6. The third kappa shape index (κ3) is 6.69. The minimum absolute atomic E-state index is 0.0844. The molecule has 0 saturated carbocycles. The van der Waals surface area contributed by atoms with Gasteiger partial charge in [0.25, 0.3) is 5.91 Å². The van der Waals surface area contributed by atoms with Gasteiger partial charge < -0.3 is 19.7 Å². The van der Waals surface area contributed by atoms with Crippen LogP contribution in [0.3, 0.4) is 0 Å². The second-order valence-electron chi connectivity index (χ2n) is 7.30. The first-order valence-electron chi connectivity index (χ1n) is 10.1. The van der Waals surface area contributed by atoms with E-state index in [0.29, 0.717) is 43.5 Å². The lowest BCUT2D eigenvalue weighted by Gasteiger charge is -2.36. The van der Waals surface area contributed by atoms with Gasteiger partial charge in [0.2, 0.25) is 5.91 Å².